The normalized spacial score (nSPS) is 16.4. The first-order valence-corrected chi connectivity index (χ1v) is 7.21. The van der Waals surface area contributed by atoms with E-state index in [1.54, 1.807) is 11.8 Å². The Kier molecular flexibility index (Phi) is 5.07. The maximum Gasteiger partial charge on any atom is 0.288 e. The smallest absolute Gasteiger partial charge is 0.288 e. The number of morpholine rings is 1. The van der Waals surface area contributed by atoms with Gasteiger partial charge in [0.15, 0.2) is 0 Å². The third kappa shape index (κ3) is 3.88. The van der Waals surface area contributed by atoms with Crippen LogP contribution in [0.5, 0.6) is 0 Å². The lowest BCUT2D eigenvalue weighted by Gasteiger charge is -2.29. The van der Waals surface area contributed by atoms with Crippen molar-refractivity contribution in [1.82, 2.24) is 9.88 Å². The van der Waals surface area contributed by atoms with Crippen molar-refractivity contribution in [1.29, 1.82) is 0 Å². The lowest BCUT2D eigenvalue weighted by molar-refractivity contribution is -0.385. The van der Waals surface area contributed by atoms with Gasteiger partial charge in [-0.25, -0.2) is 4.98 Å². The summed E-state index contributed by atoms with van der Waals surface area (Å²) < 4.78 is 5.65. The zero-order valence-electron chi connectivity index (χ0n) is 11.4. The molecular formula is C12H15BrN4O4. The second kappa shape index (κ2) is 6.81. The molecule has 1 saturated heterocycles. The minimum Gasteiger partial charge on any atom is -0.378 e. The number of ether oxygens (including phenoxy) is 1. The molecule has 1 aromatic heterocycles. The summed E-state index contributed by atoms with van der Waals surface area (Å²) in [5.41, 5.74) is -0.111. The van der Waals surface area contributed by atoms with Gasteiger partial charge in [-0.1, -0.05) is 0 Å². The number of carbonyl (C=O) groups excluding carboxylic acids is 1. The van der Waals surface area contributed by atoms with Crippen molar-refractivity contribution in [3.63, 3.8) is 0 Å². The molecule has 1 atom stereocenters. The molecule has 1 fully saturated rings. The van der Waals surface area contributed by atoms with Crippen LogP contribution in [0.3, 0.4) is 0 Å². The average Bonchev–Trinajstić information content (AvgIpc) is 2.49. The van der Waals surface area contributed by atoms with Crippen molar-refractivity contribution in [3.05, 3.63) is 26.9 Å². The zero-order valence-corrected chi connectivity index (χ0v) is 13.0. The van der Waals surface area contributed by atoms with Gasteiger partial charge in [0.2, 0.25) is 5.91 Å². The van der Waals surface area contributed by atoms with Gasteiger partial charge in [-0.05, 0) is 22.9 Å². The van der Waals surface area contributed by atoms with E-state index >= 15 is 0 Å². The predicted molar refractivity (Wildman–Crippen MR) is 79.1 cm³/mol. The Labute approximate surface area is 129 Å². The number of hydrogen-bond donors (Lipinski definition) is 1. The third-order valence-corrected chi connectivity index (χ3v) is 3.69. The van der Waals surface area contributed by atoms with Crippen LogP contribution in [0.25, 0.3) is 0 Å². The summed E-state index contributed by atoms with van der Waals surface area (Å²) in [6.07, 6.45) is 1.15. The third-order valence-electron chi connectivity index (χ3n) is 3.08. The van der Waals surface area contributed by atoms with Gasteiger partial charge in [0.05, 0.1) is 22.6 Å². The summed E-state index contributed by atoms with van der Waals surface area (Å²) in [7, 11) is 0. The van der Waals surface area contributed by atoms with Crippen molar-refractivity contribution in [2.45, 2.75) is 13.0 Å². The number of aromatic nitrogens is 1. The van der Waals surface area contributed by atoms with E-state index in [-0.39, 0.29) is 11.6 Å². The van der Waals surface area contributed by atoms with Crippen molar-refractivity contribution in [3.8, 4) is 0 Å². The van der Waals surface area contributed by atoms with E-state index in [1.807, 2.05) is 0 Å². The number of rotatable bonds is 4. The van der Waals surface area contributed by atoms with E-state index in [0.717, 1.165) is 6.20 Å². The monoisotopic (exact) mass is 358 g/mol. The Morgan fingerprint density at radius 3 is 2.81 bits per heavy atom. The SMILES string of the molecule is CC(Nc1ncc([N+](=O)[O-])cc1Br)C(=O)N1CCOCC1. The van der Waals surface area contributed by atoms with Gasteiger partial charge in [0.1, 0.15) is 18.1 Å². The number of amides is 1. The summed E-state index contributed by atoms with van der Waals surface area (Å²) in [4.78, 5) is 28.1. The van der Waals surface area contributed by atoms with Crippen LogP contribution in [0, 0.1) is 10.1 Å². The van der Waals surface area contributed by atoms with E-state index in [4.69, 9.17) is 4.74 Å². The second-order valence-electron chi connectivity index (χ2n) is 4.58. The minimum atomic E-state index is -0.524. The molecule has 0 bridgehead atoms. The lowest BCUT2D eigenvalue weighted by atomic mass is 10.2. The molecule has 1 unspecified atom stereocenters. The summed E-state index contributed by atoms with van der Waals surface area (Å²) in [5, 5.41) is 13.6. The number of nitrogens with zero attached hydrogens (tertiary/aromatic N) is 3. The van der Waals surface area contributed by atoms with Crippen LogP contribution in [0.1, 0.15) is 6.92 Å². The maximum absolute atomic E-state index is 12.2. The van der Waals surface area contributed by atoms with E-state index in [0.29, 0.717) is 36.6 Å². The second-order valence-corrected chi connectivity index (χ2v) is 5.44. The van der Waals surface area contributed by atoms with E-state index in [9.17, 15) is 14.9 Å². The number of halogens is 1. The van der Waals surface area contributed by atoms with Crippen LogP contribution in [0.2, 0.25) is 0 Å². The summed E-state index contributed by atoms with van der Waals surface area (Å²) in [5.74, 6) is 0.347. The molecule has 9 heteroatoms. The highest BCUT2D eigenvalue weighted by Crippen LogP contribution is 2.25. The summed E-state index contributed by atoms with van der Waals surface area (Å²) >= 11 is 3.21. The fraction of sp³-hybridized carbons (Fsp3) is 0.500. The lowest BCUT2D eigenvalue weighted by Crippen LogP contribution is -2.47. The van der Waals surface area contributed by atoms with Crippen LogP contribution in [-0.2, 0) is 9.53 Å². The average molecular weight is 359 g/mol. The van der Waals surface area contributed by atoms with E-state index in [1.165, 1.54) is 6.07 Å². The van der Waals surface area contributed by atoms with Gasteiger partial charge in [-0.3, -0.25) is 14.9 Å². The van der Waals surface area contributed by atoms with Crippen LogP contribution < -0.4 is 5.32 Å². The van der Waals surface area contributed by atoms with Crippen molar-refractivity contribution < 1.29 is 14.5 Å². The first-order valence-electron chi connectivity index (χ1n) is 6.42. The Morgan fingerprint density at radius 1 is 1.57 bits per heavy atom. The van der Waals surface area contributed by atoms with E-state index in [2.05, 4.69) is 26.2 Å². The topological polar surface area (TPSA) is 97.6 Å². The minimum absolute atomic E-state index is 0.0506. The molecule has 0 aromatic carbocycles. The number of hydrogen-bond acceptors (Lipinski definition) is 6. The molecule has 2 rings (SSSR count). The van der Waals surface area contributed by atoms with Crippen molar-refractivity contribution in [2.75, 3.05) is 31.6 Å². The van der Waals surface area contributed by atoms with Gasteiger partial charge in [-0.2, -0.15) is 0 Å². The highest BCUT2D eigenvalue weighted by molar-refractivity contribution is 9.10. The number of anilines is 1. The molecule has 1 aliphatic rings. The molecular weight excluding hydrogens is 344 g/mol. The highest BCUT2D eigenvalue weighted by atomic mass is 79.9. The Morgan fingerprint density at radius 2 is 2.24 bits per heavy atom. The number of pyridine rings is 1. The largest absolute Gasteiger partial charge is 0.378 e. The fourth-order valence-electron chi connectivity index (χ4n) is 1.96. The molecule has 0 spiro atoms. The predicted octanol–water partition coefficient (Wildman–Crippen LogP) is 1.41. The zero-order chi connectivity index (χ0) is 15.4. The first-order chi connectivity index (χ1) is 9.99. The Balaban J connectivity index is 2.03. The Bertz CT molecular complexity index is 548. The molecule has 114 valence electrons. The molecule has 1 amide bonds. The van der Waals surface area contributed by atoms with Gasteiger partial charge in [0, 0.05) is 19.2 Å². The van der Waals surface area contributed by atoms with Crippen LogP contribution in [0.15, 0.2) is 16.7 Å². The van der Waals surface area contributed by atoms with E-state index < -0.39 is 11.0 Å². The van der Waals surface area contributed by atoms with Crippen LogP contribution in [0.4, 0.5) is 11.5 Å². The first kappa shape index (κ1) is 15.6. The molecule has 1 N–H and O–H groups in total. The Hall–Kier alpha value is -1.74. The van der Waals surface area contributed by atoms with Gasteiger partial charge >= 0.3 is 0 Å². The summed E-state index contributed by atoms with van der Waals surface area (Å²) in [6.45, 7) is 3.95. The quantitative estimate of drug-likeness (QED) is 0.645. The molecule has 0 aliphatic carbocycles. The number of nitrogens with one attached hydrogen (secondary N) is 1. The molecule has 8 nitrogen and oxygen atoms in total. The van der Waals surface area contributed by atoms with Gasteiger partial charge in [0.25, 0.3) is 5.69 Å². The number of carbonyl (C=O) groups is 1. The molecule has 0 saturated carbocycles. The molecule has 0 radical (unpaired) electrons. The molecule has 1 aliphatic heterocycles. The maximum atomic E-state index is 12.2. The fourth-order valence-corrected chi connectivity index (χ4v) is 2.41. The van der Waals surface area contributed by atoms with Crippen molar-refractivity contribution >= 4 is 33.3 Å². The molecule has 2 heterocycles. The van der Waals surface area contributed by atoms with Gasteiger partial charge < -0.3 is 15.0 Å². The molecule has 21 heavy (non-hydrogen) atoms. The van der Waals surface area contributed by atoms with Crippen LogP contribution in [-0.4, -0.2) is 53.1 Å². The summed E-state index contributed by atoms with van der Waals surface area (Å²) in [6, 6.07) is 0.870. The number of nitro groups is 1. The van der Waals surface area contributed by atoms with Crippen molar-refractivity contribution in [2.24, 2.45) is 0 Å². The van der Waals surface area contributed by atoms with Crippen LogP contribution >= 0.6 is 15.9 Å². The highest BCUT2D eigenvalue weighted by Gasteiger charge is 2.23. The standard InChI is InChI=1S/C12H15BrN4O4/c1-8(12(18)16-2-4-21-5-3-16)15-11-10(13)6-9(7-14-11)17(19)20/h6-8H,2-5H2,1H3,(H,14,15). The molecule has 1 aromatic rings. The van der Waals surface area contributed by atoms with Gasteiger partial charge in [-0.15, -0.1) is 0 Å².